The molecule has 0 spiro atoms. The summed E-state index contributed by atoms with van der Waals surface area (Å²) in [5, 5.41) is 0. The molecule has 0 aliphatic heterocycles. The van der Waals surface area contributed by atoms with Crippen molar-refractivity contribution in [3.05, 3.63) is 213 Å². The van der Waals surface area contributed by atoms with E-state index in [0.717, 1.165) is 18.8 Å². The van der Waals surface area contributed by atoms with Gasteiger partial charge in [-0.05, 0) is 167 Å². The van der Waals surface area contributed by atoms with Crippen molar-refractivity contribution < 1.29 is 13.2 Å². The number of alkyl halides is 3. The van der Waals surface area contributed by atoms with Gasteiger partial charge in [0.15, 0.2) is 0 Å². The maximum atomic E-state index is 12.5. The molecule has 8 rings (SSSR count). The van der Waals surface area contributed by atoms with Gasteiger partial charge in [-0.25, -0.2) is 0 Å². The summed E-state index contributed by atoms with van der Waals surface area (Å²) in [6, 6.07) is 57.3. The summed E-state index contributed by atoms with van der Waals surface area (Å²) in [7, 11) is -1.28. The van der Waals surface area contributed by atoms with Gasteiger partial charge >= 0.3 is 6.18 Å². The van der Waals surface area contributed by atoms with E-state index in [0.29, 0.717) is 36.0 Å². The smallest absolute Gasteiger partial charge is 0.171 e. The Labute approximate surface area is 613 Å². The summed E-state index contributed by atoms with van der Waals surface area (Å²) in [5.74, 6) is 2.78. The lowest BCUT2D eigenvalue weighted by Gasteiger charge is -2.37. The average Bonchev–Trinajstić information content (AvgIpc) is 0.820. The van der Waals surface area contributed by atoms with Crippen molar-refractivity contribution in [2.75, 3.05) is 0 Å². The lowest BCUT2D eigenvalue weighted by molar-refractivity contribution is -0.229. The zero-order valence-corrected chi connectivity index (χ0v) is 64.2. The molecule has 0 atom stereocenters. The first-order chi connectivity index (χ1) is 40.5. The molecule has 2 aliphatic rings. The van der Waals surface area contributed by atoms with Crippen LogP contribution in [0.4, 0.5) is 13.2 Å². The summed E-state index contributed by atoms with van der Waals surface area (Å²) >= 11 is 0. The first-order valence-corrected chi connectivity index (χ1v) is 41.0. The summed E-state index contributed by atoms with van der Waals surface area (Å²) in [4.78, 5) is 0. The van der Waals surface area contributed by atoms with Crippen molar-refractivity contribution >= 4 is 16.1 Å². The number of aryl methyl sites for hydroxylation is 8. The molecule has 0 saturated heterocycles. The molecule has 0 bridgehead atoms. The van der Waals surface area contributed by atoms with E-state index in [1.807, 2.05) is 25.1 Å². The van der Waals surface area contributed by atoms with Crippen molar-refractivity contribution in [1.82, 2.24) is 0 Å². The lowest BCUT2D eigenvalue weighted by Crippen LogP contribution is -2.38. The predicted molar refractivity (Wildman–Crippen MR) is 459 cm³/mol. The van der Waals surface area contributed by atoms with Crippen molar-refractivity contribution in [1.29, 1.82) is 0 Å². The quantitative estimate of drug-likeness (QED) is 0.151. The van der Waals surface area contributed by atoms with E-state index in [1.165, 1.54) is 112 Å². The van der Waals surface area contributed by atoms with Crippen molar-refractivity contribution in [3.63, 3.8) is 0 Å². The minimum atomic E-state index is -4.01. The van der Waals surface area contributed by atoms with Gasteiger partial charge in [0.25, 0.3) is 0 Å². The predicted octanol–water partition coefficient (Wildman–Crippen LogP) is 33.9. The van der Waals surface area contributed by atoms with Gasteiger partial charge in [0.05, 0.1) is 5.41 Å². The Hall–Kier alpha value is -4.46. The van der Waals surface area contributed by atoms with E-state index >= 15 is 0 Å². The largest absolute Gasteiger partial charge is 0.394 e. The Bertz CT molecular complexity index is 2580. The van der Waals surface area contributed by atoms with Gasteiger partial charge in [-0.1, -0.05) is 408 Å². The third kappa shape index (κ3) is 58.0. The SMILES string of the molecule is C.C.C.C.C.C.C.C.C.CC1CCC(C)(C(F)(F)F)CC1.CC1CCC(C)(C)CC1.CC[Si](C)(CC)CC.C[Si](C)(C)C.Cc1ccc(C(C)C)cc1.Cc1ccc(C)cc1.Cc1ccccc1.Cc1ccccc1C.Cc1ccccc1C(C)(C)C.Cc1ccccc1C(C)C. The third-order valence-electron chi connectivity index (χ3n) is 17.3. The molecule has 5 heteroatoms. The minimum Gasteiger partial charge on any atom is -0.171 e. The van der Waals surface area contributed by atoms with Crippen LogP contribution in [-0.4, -0.2) is 22.3 Å². The number of hydrogen-bond donors (Lipinski definition) is 0. The van der Waals surface area contributed by atoms with E-state index < -0.39 is 27.7 Å². The maximum absolute atomic E-state index is 12.5. The van der Waals surface area contributed by atoms with Gasteiger partial charge < -0.3 is 0 Å². The molecule has 0 unspecified atom stereocenters. The van der Waals surface area contributed by atoms with E-state index in [2.05, 4.69) is 312 Å². The first-order valence-electron chi connectivity index (χ1n) is 33.9. The van der Waals surface area contributed by atoms with Crippen molar-refractivity contribution in [2.45, 2.75) is 352 Å². The van der Waals surface area contributed by atoms with Crippen molar-refractivity contribution in [2.24, 2.45) is 22.7 Å². The molecule has 0 nitrogen and oxygen atoms in total. The Morgan fingerprint density at radius 3 is 0.887 bits per heavy atom. The minimum absolute atomic E-state index is 0. The molecule has 97 heavy (non-hydrogen) atoms. The fourth-order valence-corrected chi connectivity index (χ4v) is 10.9. The number of rotatable bonds is 5. The fraction of sp³-hybridized carbons (Fsp3) is 0.609. The highest BCUT2D eigenvalue weighted by Gasteiger charge is 2.51. The van der Waals surface area contributed by atoms with Gasteiger partial charge in [-0.2, -0.15) is 13.2 Å². The van der Waals surface area contributed by atoms with Gasteiger partial charge in [0.1, 0.15) is 0 Å². The monoisotopic (exact) mass is 1390 g/mol. The summed E-state index contributed by atoms with van der Waals surface area (Å²) in [6.45, 7) is 61.9. The number of hydrogen-bond acceptors (Lipinski definition) is 0. The highest BCUT2D eigenvalue weighted by atomic mass is 28.3. The Morgan fingerprint density at radius 1 is 0.392 bits per heavy atom. The molecule has 0 radical (unpaired) electrons. The van der Waals surface area contributed by atoms with E-state index in [-0.39, 0.29) is 72.3 Å². The third-order valence-corrected chi connectivity index (χ3v) is 22.5. The molecular weight excluding hydrogens is 1220 g/mol. The standard InChI is InChI=1S/C11H16.2C10H14.C9H15F3.C9H18.2C8H10.C7H18Si.C7H8.C4H12Si.9CH4/c1-9-7-5-6-8-10(9)11(2,3)4;1-8(2)10-6-4-9(3)5-7-10;1-8(2)10-7-5-4-6-9(10)3;1-7-3-5-8(2,6-4-7)9(10,11)12;1-8-4-6-9(2,3)7-5-8;1-7-3-5-8(2)6-4-7;1-7-5-3-4-6-8(7)2;1-5-8(4,6-2)7-3;1-7-5-3-2-4-6-7;1-5(2,3)4;;;;;;;;;/h5-8H,1-4H3;2*4-8H,1-3H3;7H,3-6H2,1-2H3;8H,4-7H2,1-3H3;2*3-6H,1-2H3;5-7H2,1-4H3;2-6H,1H3;1-4H3;9*1H4. The summed E-state index contributed by atoms with van der Waals surface area (Å²) < 4.78 is 37.4. The molecule has 2 saturated carbocycles. The number of halogens is 3. The fourth-order valence-electron chi connectivity index (χ4n) is 9.41. The molecule has 6 aromatic carbocycles. The molecule has 2 fully saturated rings. The van der Waals surface area contributed by atoms with Crippen LogP contribution < -0.4 is 0 Å². The molecule has 0 aromatic heterocycles. The van der Waals surface area contributed by atoms with Crippen LogP contribution in [0.15, 0.2) is 152 Å². The molecule has 0 N–H and O–H groups in total. The molecule has 2 aliphatic carbocycles. The van der Waals surface area contributed by atoms with E-state index in [4.69, 9.17) is 0 Å². The number of benzene rings is 6. The molecule has 6 aromatic rings. The summed E-state index contributed by atoms with van der Waals surface area (Å²) in [6.07, 6.45) is 3.82. The van der Waals surface area contributed by atoms with Crippen LogP contribution in [0.2, 0.25) is 50.9 Å². The molecular formula is C92H171F3Si2. The van der Waals surface area contributed by atoms with E-state index in [1.54, 1.807) is 0 Å². The lowest BCUT2D eigenvalue weighted by atomic mass is 9.72. The van der Waals surface area contributed by atoms with Crippen LogP contribution in [-0.2, 0) is 5.41 Å². The normalized spacial score (nSPS) is 14.6. The van der Waals surface area contributed by atoms with Gasteiger partial charge in [0.2, 0.25) is 0 Å². The second-order valence-corrected chi connectivity index (χ2v) is 42.2. The average molecular weight is 1390 g/mol. The van der Waals surface area contributed by atoms with Gasteiger partial charge in [0, 0.05) is 16.1 Å². The van der Waals surface area contributed by atoms with Gasteiger partial charge in [-0.3, -0.25) is 0 Å². The maximum Gasteiger partial charge on any atom is 0.394 e. The van der Waals surface area contributed by atoms with Crippen LogP contribution in [0, 0.1) is 78.1 Å². The molecule has 568 valence electrons. The second kappa shape index (κ2) is 59.3. The highest BCUT2D eigenvalue weighted by Crippen LogP contribution is 2.49. The zero-order chi connectivity index (χ0) is 68.1. The Kier molecular flexibility index (Phi) is 71.2. The van der Waals surface area contributed by atoms with Crippen molar-refractivity contribution in [3.8, 4) is 0 Å². The van der Waals surface area contributed by atoms with Crippen LogP contribution in [0.25, 0.3) is 0 Å². The van der Waals surface area contributed by atoms with E-state index in [9.17, 15) is 13.2 Å². The Balaban J connectivity index is -0.0000000937. The van der Waals surface area contributed by atoms with Crippen LogP contribution >= 0.6 is 0 Å². The van der Waals surface area contributed by atoms with Crippen LogP contribution in [0.5, 0.6) is 0 Å². The van der Waals surface area contributed by atoms with Crippen LogP contribution in [0.1, 0.15) is 295 Å². The zero-order valence-electron chi connectivity index (χ0n) is 62.2. The molecule has 0 heterocycles. The highest BCUT2D eigenvalue weighted by molar-refractivity contribution is 6.78. The second-order valence-electron chi connectivity index (χ2n) is 30.5. The first kappa shape index (κ1) is 117. The van der Waals surface area contributed by atoms with Gasteiger partial charge in [-0.15, -0.1) is 0 Å². The Morgan fingerprint density at radius 2 is 0.670 bits per heavy atom. The molecule has 0 amide bonds. The van der Waals surface area contributed by atoms with Crippen LogP contribution in [0.3, 0.4) is 0 Å². The summed E-state index contributed by atoms with van der Waals surface area (Å²) in [5.41, 5.74) is 14.7. The topological polar surface area (TPSA) is 0 Å².